The number of anilines is 1. The third-order valence-corrected chi connectivity index (χ3v) is 5.95. The number of alkyl halides is 2. The lowest BCUT2D eigenvalue weighted by molar-refractivity contribution is -0.117. The van der Waals surface area contributed by atoms with Crippen molar-refractivity contribution in [2.45, 2.75) is 36.5 Å². The number of fused-ring (bicyclic) bond motifs is 2. The molecule has 1 unspecified atom stereocenters. The Morgan fingerprint density at radius 2 is 1.87 bits per heavy atom. The Morgan fingerprint density at radius 3 is 2.47 bits per heavy atom. The van der Waals surface area contributed by atoms with Gasteiger partial charge >= 0.3 is 0 Å². The van der Waals surface area contributed by atoms with Gasteiger partial charge in [-0.15, -0.1) is 0 Å². The van der Waals surface area contributed by atoms with Crippen LogP contribution in [0.2, 0.25) is 0 Å². The summed E-state index contributed by atoms with van der Waals surface area (Å²) in [5, 5.41) is 2.29. The van der Waals surface area contributed by atoms with Gasteiger partial charge in [0.15, 0.2) is 5.82 Å². The predicted molar refractivity (Wildman–Crippen MR) is 96.1 cm³/mol. The number of hydrogen-bond donors (Lipinski definition) is 1. The van der Waals surface area contributed by atoms with Crippen LogP contribution in [0, 0.1) is 11.6 Å². The van der Waals surface area contributed by atoms with Crippen LogP contribution in [0.5, 0.6) is 0 Å². The van der Waals surface area contributed by atoms with Crippen LogP contribution in [-0.2, 0) is 10.2 Å². The van der Waals surface area contributed by atoms with Crippen molar-refractivity contribution in [1.82, 2.24) is 14.9 Å². The molecule has 1 aromatic carbocycles. The SMILES string of the molecule is O=C(CN1CC2(CC2(F)F)c2c(ccc(C3CC3)c2F)C1=O)Nc1ncc(F)cn1. The molecule has 2 aliphatic carbocycles. The van der Waals surface area contributed by atoms with Gasteiger partial charge in [0, 0.05) is 24.1 Å². The molecule has 1 aliphatic heterocycles. The van der Waals surface area contributed by atoms with Crippen LogP contribution in [0.4, 0.5) is 23.5 Å². The fraction of sp³-hybridized carbons (Fsp3) is 0.400. The highest BCUT2D eigenvalue weighted by Gasteiger charge is 2.75. The molecule has 3 aliphatic rings. The highest BCUT2D eigenvalue weighted by Crippen LogP contribution is 2.65. The van der Waals surface area contributed by atoms with Gasteiger partial charge in [0.1, 0.15) is 12.4 Å². The van der Waals surface area contributed by atoms with Gasteiger partial charge in [-0.1, -0.05) is 6.07 Å². The van der Waals surface area contributed by atoms with E-state index < -0.39 is 54.3 Å². The van der Waals surface area contributed by atoms with Gasteiger partial charge in [-0.2, -0.15) is 0 Å². The third kappa shape index (κ3) is 2.85. The Kier molecular flexibility index (Phi) is 3.93. The average Bonchev–Trinajstić information content (AvgIpc) is 3.59. The van der Waals surface area contributed by atoms with Gasteiger partial charge in [0.2, 0.25) is 11.9 Å². The highest BCUT2D eigenvalue weighted by atomic mass is 19.3. The largest absolute Gasteiger partial charge is 0.328 e. The number of aromatic nitrogens is 2. The highest BCUT2D eigenvalue weighted by molar-refractivity contribution is 6.01. The Labute approximate surface area is 168 Å². The summed E-state index contributed by atoms with van der Waals surface area (Å²) in [5.74, 6) is -6.17. The van der Waals surface area contributed by atoms with Crippen LogP contribution in [0.25, 0.3) is 0 Å². The maximum Gasteiger partial charge on any atom is 0.260 e. The van der Waals surface area contributed by atoms with E-state index in [2.05, 4.69) is 15.3 Å². The first-order chi connectivity index (χ1) is 14.2. The van der Waals surface area contributed by atoms with Gasteiger partial charge in [0.25, 0.3) is 11.8 Å². The van der Waals surface area contributed by atoms with Crippen molar-refractivity contribution in [2.24, 2.45) is 0 Å². The van der Waals surface area contributed by atoms with E-state index in [4.69, 9.17) is 0 Å². The summed E-state index contributed by atoms with van der Waals surface area (Å²) in [6.45, 7) is -1.00. The molecule has 2 saturated carbocycles. The number of halogens is 4. The van der Waals surface area contributed by atoms with E-state index in [1.807, 2.05) is 0 Å². The summed E-state index contributed by atoms with van der Waals surface area (Å²) in [5.41, 5.74) is -1.80. The predicted octanol–water partition coefficient (Wildman–Crippen LogP) is 3.00. The van der Waals surface area contributed by atoms with Crippen LogP contribution >= 0.6 is 0 Å². The molecule has 2 heterocycles. The van der Waals surface area contributed by atoms with E-state index in [-0.39, 0.29) is 23.0 Å². The molecule has 2 amide bonds. The number of hydrogen-bond acceptors (Lipinski definition) is 4. The molecule has 0 saturated heterocycles. The number of carbonyl (C=O) groups is 2. The van der Waals surface area contributed by atoms with Crippen LogP contribution in [-0.4, -0.2) is 45.7 Å². The molecular formula is C20H16F4N4O2. The first-order valence-corrected chi connectivity index (χ1v) is 9.49. The Hall–Kier alpha value is -3.04. The van der Waals surface area contributed by atoms with E-state index in [1.54, 1.807) is 0 Å². The van der Waals surface area contributed by atoms with Crippen molar-refractivity contribution in [2.75, 3.05) is 18.4 Å². The second-order valence-corrected chi connectivity index (χ2v) is 8.06. The molecule has 0 bridgehead atoms. The summed E-state index contributed by atoms with van der Waals surface area (Å²) in [7, 11) is 0. The molecule has 156 valence electrons. The van der Waals surface area contributed by atoms with E-state index in [0.717, 1.165) is 30.1 Å². The van der Waals surface area contributed by atoms with Gasteiger partial charge in [-0.25, -0.2) is 27.5 Å². The summed E-state index contributed by atoms with van der Waals surface area (Å²) in [6.07, 6.45) is 2.72. The number of nitrogens with zero attached hydrogens (tertiary/aromatic N) is 3. The van der Waals surface area contributed by atoms with Crippen molar-refractivity contribution in [1.29, 1.82) is 0 Å². The van der Waals surface area contributed by atoms with Crippen molar-refractivity contribution in [3.05, 3.63) is 52.9 Å². The van der Waals surface area contributed by atoms with E-state index in [9.17, 15) is 22.8 Å². The minimum atomic E-state index is -3.17. The Balaban J connectivity index is 1.44. The molecule has 6 nitrogen and oxygen atoms in total. The normalized spacial score (nSPS) is 24.0. The monoisotopic (exact) mass is 420 g/mol. The lowest BCUT2D eigenvalue weighted by Crippen LogP contribution is -2.49. The van der Waals surface area contributed by atoms with Gasteiger partial charge in [0.05, 0.1) is 17.8 Å². The van der Waals surface area contributed by atoms with Crippen molar-refractivity contribution >= 4 is 17.8 Å². The van der Waals surface area contributed by atoms with Crippen LogP contribution in [0.1, 0.15) is 46.7 Å². The van der Waals surface area contributed by atoms with E-state index in [1.165, 1.54) is 12.1 Å². The molecule has 2 aromatic rings. The molecule has 10 heteroatoms. The average molecular weight is 420 g/mol. The minimum absolute atomic E-state index is 0.00865. The first kappa shape index (κ1) is 19.0. The maximum absolute atomic E-state index is 15.2. The van der Waals surface area contributed by atoms with Crippen LogP contribution in [0.15, 0.2) is 24.5 Å². The number of carbonyl (C=O) groups excluding carboxylic acids is 2. The molecule has 1 aromatic heterocycles. The summed E-state index contributed by atoms with van der Waals surface area (Å²) in [4.78, 5) is 33.3. The van der Waals surface area contributed by atoms with E-state index in [0.29, 0.717) is 5.56 Å². The van der Waals surface area contributed by atoms with Gasteiger partial charge < -0.3 is 4.90 Å². The fourth-order valence-corrected chi connectivity index (χ4v) is 4.21. The minimum Gasteiger partial charge on any atom is -0.328 e. The van der Waals surface area contributed by atoms with E-state index >= 15 is 4.39 Å². The number of benzene rings is 1. The summed E-state index contributed by atoms with van der Waals surface area (Å²) in [6, 6.07) is 2.87. The zero-order valence-electron chi connectivity index (χ0n) is 15.6. The quantitative estimate of drug-likeness (QED) is 0.772. The summed E-state index contributed by atoms with van der Waals surface area (Å²) >= 11 is 0. The Bertz CT molecular complexity index is 1070. The third-order valence-electron chi connectivity index (χ3n) is 5.95. The smallest absolute Gasteiger partial charge is 0.260 e. The number of nitrogens with one attached hydrogen (secondary N) is 1. The summed E-state index contributed by atoms with van der Waals surface area (Å²) < 4.78 is 56.9. The Morgan fingerprint density at radius 1 is 1.20 bits per heavy atom. The zero-order chi connectivity index (χ0) is 21.3. The first-order valence-electron chi connectivity index (χ1n) is 9.49. The van der Waals surface area contributed by atoms with Gasteiger partial charge in [-0.05, 0) is 30.4 Å². The van der Waals surface area contributed by atoms with Crippen molar-refractivity contribution < 1.29 is 27.2 Å². The van der Waals surface area contributed by atoms with Crippen molar-refractivity contribution in [3.63, 3.8) is 0 Å². The molecule has 5 rings (SSSR count). The second-order valence-electron chi connectivity index (χ2n) is 8.06. The molecular weight excluding hydrogens is 404 g/mol. The van der Waals surface area contributed by atoms with Crippen LogP contribution in [0.3, 0.4) is 0 Å². The van der Waals surface area contributed by atoms with Crippen molar-refractivity contribution in [3.8, 4) is 0 Å². The lowest BCUT2D eigenvalue weighted by atomic mass is 9.83. The second kappa shape index (κ2) is 6.23. The molecule has 0 radical (unpaired) electrons. The topological polar surface area (TPSA) is 75.2 Å². The standard InChI is InChI=1S/C20H16F4N4O2/c21-11-5-25-18(26-6-11)27-14(29)7-28-9-19(8-20(19,23)24)15-13(17(28)30)4-3-12(16(15)22)10-1-2-10/h3-6,10H,1-2,7-9H2,(H,25,26,27,29). The molecule has 1 atom stereocenters. The van der Waals surface area contributed by atoms with Gasteiger partial charge in [-0.3, -0.25) is 14.9 Å². The molecule has 1 N–H and O–H groups in total. The zero-order valence-corrected chi connectivity index (χ0v) is 15.6. The number of amides is 2. The fourth-order valence-electron chi connectivity index (χ4n) is 4.21. The van der Waals surface area contributed by atoms with Crippen LogP contribution < -0.4 is 5.32 Å². The molecule has 30 heavy (non-hydrogen) atoms. The molecule has 1 spiro atoms. The number of rotatable bonds is 4. The maximum atomic E-state index is 15.2. The molecule has 2 fully saturated rings. The lowest BCUT2D eigenvalue weighted by Gasteiger charge is -2.35.